The number of benzene rings is 1. The van der Waals surface area contributed by atoms with E-state index in [0.717, 1.165) is 5.56 Å². The third-order valence-electron chi connectivity index (χ3n) is 2.77. The van der Waals surface area contributed by atoms with Gasteiger partial charge in [-0.05, 0) is 38.5 Å². The molecule has 0 aliphatic rings. The molecular formula is C14H21ClN2O2. The zero-order chi connectivity index (χ0) is 14.5. The highest BCUT2D eigenvalue weighted by Crippen LogP contribution is 2.13. The lowest BCUT2D eigenvalue weighted by atomic mass is 10.1. The van der Waals surface area contributed by atoms with Crippen LogP contribution in [0.25, 0.3) is 0 Å². The van der Waals surface area contributed by atoms with E-state index >= 15 is 0 Å². The Bertz CT molecular complexity index is 430. The Hall–Kier alpha value is -1.26. The first-order valence-electron chi connectivity index (χ1n) is 6.26. The Morgan fingerprint density at radius 2 is 2.11 bits per heavy atom. The predicted octanol–water partition coefficient (Wildman–Crippen LogP) is 3.21. The van der Waals surface area contributed by atoms with Crippen molar-refractivity contribution in [3.05, 3.63) is 34.9 Å². The summed E-state index contributed by atoms with van der Waals surface area (Å²) in [7, 11) is 0. The van der Waals surface area contributed by atoms with E-state index in [1.165, 1.54) is 4.90 Å². The van der Waals surface area contributed by atoms with Crippen LogP contribution in [0, 0.1) is 0 Å². The van der Waals surface area contributed by atoms with E-state index in [9.17, 15) is 4.79 Å². The maximum absolute atomic E-state index is 11.1. The molecule has 0 aliphatic carbocycles. The molecule has 1 aromatic carbocycles. The molecule has 1 amide bonds. The second kappa shape index (κ2) is 6.78. The maximum atomic E-state index is 11.1. The summed E-state index contributed by atoms with van der Waals surface area (Å²) in [5, 5.41) is 13.1. The summed E-state index contributed by atoms with van der Waals surface area (Å²) < 4.78 is 0. The predicted molar refractivity (Wildman–Crippen MR) is 77.6 cm³/mol. The molecule has 0 unspecified atom stereocenters. The molecule has 0 bridgehead atoms. The third-order valence-corrected chi connectivity index (χ3v) is 3.01. The van der Waals surface area contributed by atoms with Gasteiger partial charge >= 0.3 is 6.09 Å². The molecule has 0 heterocycles. The number of hydrogen-bond donors (Lipinski definition) is 2. The van der Waals surface area contributed by atoms with E-state index in [1.54, 1.807) is 0 Å². The molecule has 2 N–H and O–H groups in total. The molecule has 0 aromatic heterocycles. The highest BCUT2D eigenvalue weighted by Gasteiger charge is 2.25. The highest BCUT2D eigenvalue weighted by molar-refractivity contribution is 6.30. The first-order valence-corrected chi connectivity index (χ1v) is 6.64. The zero-order valence-corrected chi connectivity index (χ0v) is 12.4. The molecule has 0 aliphatic heterocycles. The van der Waals surface area contributed by atoms with Gasteiger partial charge < -0.3 is 15.3 Å². The molecule has 106 valence electrons. The van der Waals surface area contributed by atoms with Crippen molar-refractivity contribution in [2.45, 2.75) is 32.9 Å². The summed E-state index contributed by atoms with van der Waals surface area (Å²) in [5.41, 5.74) is 0.703. The van der Waals surface area contributed by atoms with Crippen molar-refractivity contribution in [3.8, 4) is 0 Å². The van der Waals surface area contributed by atoms with Crippen molar-refractivity contribution in [2.75, 3.05) is 13.1 Å². The van der Waals surface area contributed by atoms with Gasteiger partial charge in [-0.15, -0.1) is 0 Å². The van der Waals surface area contributed by atoms with Crippen LogP contribution >= 0.6 is 11.6 Å². The minimum absolute atomic E-state index is 0.385. The molecular weight excluding hydrogens is 264 g/mol. The van der Waals surface area contributed by atoms with E-state index in [0.29, 0.717) is 24.7 Å². The Balaban J connectivity index is 2.39. The fraction of sp³-hybridized carbons (Fsp3) is 0.500. The maximum Gasteiger partial charge on any atom is 0.407 e. The van der Waals surface area contributed by atoms with Crippen molar-refractivity contribution in [1.82, 2.24) is 10.2 Å². The lowest BCUT2D eigenvalue weighted by Gasteiger charge is -2.33. The van der Waals surface area contributed by atoms with Crippen LogP contribution in [0.5, 0.6) is 0 Å². The Labute approximate surface area is 119 Å². The number of halogens is 1. The number of amides is 1. The summed E-state index contributed by atoms with van der Waals surface area (Å²) in [5.74, 6) is 0. The van der Waals surface area contributed by atoms with Gasteiger partial charge in [0.1, 0.15) is 0 Å². The Morgan fingerprint density at radius 3 is 2.63 bits per heavy atom. The second-order valence-electron chi connectivity index (χ2n) is 5.41. The number of nitrogens with zero attached hydrogens (tertiary/aromatic N) is 1. The minimum atomic E-state index is -0.892. The van der Waals surface area contributed by atoms with E-state index in [4.69, 9.17) is 16.7 Å². The van der Waals surface area contributed by atoms with Crippen LogP contribution < -0.4 is 5.32 Å². The number of nitrogens with one attached hydrogen (secondary N) is 1. The van der Waals surface area contributed by atoms with Gasteiger partial charge in [-0.1, -0.05) is 23.7 Å². The average molecular weight is 285 g/mol. The summed E-state index contributed by atoms with van der Waals surface area (Å²) in [4.78, 5) is 12.6. The fourth-order valence-corrected chi connectivity index (χ4v) is 2.00. The van der Waals surface area contributed by atoms with Gasteiger partial charge in [0.05, 0.1) is 0 Å². The quantitative estimate of drug-likeness (QED) is 0.817. The van der Waals surface area contributed by atoms with E-state index in [-0.39, 0.29) is 5.54 Å². The zero-order valence-electron chi connectivity index (χ0n) is 11.6. The van der Waals surface area contributed by atoms with E-state index < -0.39 is 6.09 Å². The van der Waals surface area contributed by atoms with Gasteiger partial charge in [0.25, 0.3) is 0 Å². The van der Waals surface area contributed by atoms with Crippen molar-refractivity contribution >= 4 is 17.7 Å². The molecule has 0 radical (unpaired) electrons. The molecule has 0 fully saturated rings. The average Bonchev–Trinajstić information content (AvgIpc) is 2.26. The smallest absolute Gasteiger partial charge is 0.407 e. The molecule has 0 atom stereocenters. The van der Waals surface area contributed by atoms with E-state index in [2.05, 4.69) is 5.32 Å². The molecule has 0 saturated heterocycles. The van der Waals surface area contributed by atoms with Crippen LogP contribution in [0.3, 0.4) is 0 Å². The van der Waals surface area contributed by atoms with Crippen LogP contribution in [-0.2, 0) is 6.54 Å². The van der Waals surface area contributed by atoms with Crippen molar-refractivity contribution in [2.24, 2.45) is 0 Å². The summed E-state index contributed by atoms with van der Waals surface area (Å²) in [6.45, 7) is 7.40. The lowest BCUT2D eigenvalue weighted by molar-refractivity contribution is 0.101. The van der Waals surface area contributed by atoms with Crippen LogP contribution in [-0.4, -0.2) is 34.7 Å². The standard InChI is InChI=1S/C14H21ClN2O2/c1-14(2,3)17(13(18)19)8-7-16-10-11-5-4-6-12(15)9-11/h4-6,9,16H,7-8,10H2,1-3H3,(H,18,19). The lowest BCUT2D eigenvalue weighted by Crippen LogP contribution is -2.47. The van der Waals surface area contributed by atoms with Crippen LogP contribution in [0.2, 0.25) is 5.02 Å². The van der Waals surface area contributed by atoms with Gasteiger partial charge in [-0.3, -0.25) is 0 Å². The van der Waals surface area contributed by atoms with Gasteiger partial charge in [-0.25, -0.2) is 4.79 Å². The Kier molecular flexibility index (Phi) is 5.63. The van der Waals surface area contributed by atoms with Gasteiger partial charge in [0, 0.05) is 30.2 Å². The summed E-state index contributed by atoms with van der Waals surface area (Å²) in [6.07, 6.45) is -0.892. The van der Waals surface area contributed by atoms with E-state index in [1.807, 2.05) is 45.0 Å². The van der Waals surface area contributed by atoms with Gasteiger partial charge in [0.2, 0.25) is 0 Å². The first-order chi connectivity index (χ1) is 8.80. The second-order valence-corrected chi connectivity index (χ2v) is 5.85. The molecule has 19 heavy (non-hydrogen) atoms. The van der Waals surface area contributed by atoms with Gasteiger partial charge in [-0.2, -0.15) is 0 Å². The third kappa shape index (κ3) is 5.49. The largest absolute Gasteiger partial charge is 0.465 e. The highest BCUT2D eigenvalue weighted by atomic mass is 35.5. The van der Waals surface area contributed by atoms with Crippen molar-refractivity contribution in [1.29, 1.82) is 0 Å². The van der Waals surface area contributed by atoms with Crippen LogP contribution in [0.1, 0.15) is 26.3 Å². The summed E-state index contributed by atoms with van der Waals surface area (Å²) in [6, 6.07) is 7.61. The molecule has 1 aromatic rings. The van der Waals surface area contributed by atoms with Gasteiger partial charge in [0.15, 0.2) is 0 Å². The molecule has 0 spiro atoms. The number of rotatable bonds is 5. The molecule has 5 heteroatoms. The Morgan fingerprint density at radius 1 is 1.42 bits per heavy atom. The summed E-state index contributed by atoms with van der Waals surface area (Å²) >= 11 is 5.90. The number of carbonyl (C=O) groups is 1. The monoisotopic (exact) mass is 284 g/mol. The van der Waals surface area contributed by atoms with Crippen molar-refractivity contribution < 1.29 is 9.90 Å². The normalized spacial score (nSPS) is 11.4. The van der Waals surface area contributed by atoms with Crippen LogP contribution in [0.4, 0.5) is 4.79 Å². The number of carboxylic acid groups (broad SMARTS) is 1. The number of hydrogen-bond acceptors (Lipinski definition) is 2. The molecule has 1 rings (SSSR count). The molecule has 4 nitrogen and oxygen atoms in total. The molecule has 0 saturated carbocycles. The first kappa shape index (κ1) is 15.8. The fourth-order valence-electron chi connectivity index (χ4n) is 1.79. The van der Waals surface area contributed by atoms with Crippen LogP contribution in [0.15, 0.2) is 24.3 Å². The SMILES string of the molecule is CC(C)(C)N(CCNCc1cccc(Cl)c1)C(=O)O. The topological polar surface area (TPSA) is 52.6 Å². The van der Waals surface area contributed by atoms with Crippen molar-refractivity contribution in [3.63, 3.8) is 0 Å². The minimum Gasteiger partial charge on any atom is -0.465 e.